The molecular formula is C14H20N4O3. The summed E-state index contributed by atoms with van der Waals surface area (Å²) in [6.07, 6.45) is 6.16. The predicted molar refractivity (Wildman–Crippen MR) is 73.2 cm³/mol. The summed E-state index contributed by atoms with van der Waals surface area (Å²) in [6.45, 7) is 2.09. The molecule has 0 bridgehead atoms. The molecule has 3 rings (SSSR count). The number of nitrogens with one attached hydrogen (secondary N) is 1. The third kappa shape index (κ3) is 2.52. The maximum atomic E-state index is 12.6. The summed E-state index contributed by atoms with van der Waals surface area (Å²) in [5, 5.41) is 6.72. The van der Waals surface area contributed by atoms with Crippen molar-refractivity contribution >= 4 is 11.9 Å². The highest BCUT2D eigenvalue weighted by atomic mass is 16.5. The summed E-state index contributed by atoms with van der Waals surface area (Å²) in [5.41, 5.74) is -0.693. The molecule has 7 heteroatoms. The molecule has 3 amide bonds. The van der Waals surface area contributed by atoms with Crippen molar-refractivity contribution in [3.05, 3.63) is 11.7 Å². The summed E-state index contributed by atoms with van der Waals surface area (Å²) in [5.74, 6) is 0.782. The first kappa shape index (κ1) is 14.0. The Bertz CT molecular complexity index is 548. The van der Waals surface area contributed by atoms with Gasteiger partial charge in [0.2, 0.25) is 5.89 Å². The van der Waals surface area contributed by atoms with Gasteiger partial charge in [-0.15, -0.1) is 0 Å². The molecule has 21 heavy (non-hydrogen) atoms. The van der Waals surface area contributed by atoms with Gasteiger partial charge in [0.25, 0.3) is 5.91 Å². The molecule has 2 aliphatic rings. The van der Waals surface area contributed by atoms with Gasteiger partial charge in [0, 0.05) is 6.42 Å². The van der Waals surface area contributed by atoms with E-state index in [0.717, 1.165) is 44.9 Å². The average molecular weight is 292 g/mol. The number of urea groups is 1. The molecule has 0 radical (unpaired) electrons. The van der Waals surface area contributed by atoms with Crippen molar-refractivity contribution in [2.24, 2.45) is 0 Å². The van der Waals surface area contributed by atoms with Crippen LogP contribution < -0.4 is 5.32 Å². The number of aromatic nitrogens is 2. The van der Waals surface area contributed by atoms with Crippen molar-refractivity contribution < 1.29 is 14.1 Å². The zero-order valence-electron chi connectivity index (χ0n) is 12.2. The van der Waals surface area contributed by atoms with Gasteiger partial charge in [0.15, 0.2) is 5.82 Å². The van der Waals surface area contributed by atoms with Gasteiger partial charge in [-0.2, -0.15) is 4.98 Å². The van der Waals surface area contributed by atoms with Crippen LogP contribution in [0, 0.1) is 0 Å². The Kier molecular flexibility index (Phi) is 3.65. The molecule has 0 atom stereocenters. The first-order valence-corrected chi connectivity index (χ1v) is 7.60. The zero-order valence-corrected chi connectivity index (χ0v) is 12.2. The Morgan fingerprint density at radius 2 is 2.05 bits per heavy atom. The summed E-state index contributed by atoms with van der Waals surface area (Å²) in [7, 11) is 0. The number of rotatable bonds is 4. The molecule has 1 aliphatic heterocycles. The molecule has 1 N–H and O–H groups in total. The summed E-state index contributed by atoms with van der Waals surface area (Å²) in [6, 6.07) is -0.350. The normalized spacial score (nSPS) is 21.1. The second-order valence-electron chi connectivity index (χ2n) is 5.82. The van der Waals surface area contributed by atoms with Gasteiger partial charge in [0.05, 0.1) is 0 Å². The summed E-state index contributed by atoms with van der Waals surface area (Å²) in [4.78, 5) is 30.1. The van der Waals surface area contributed by atoms with Crippen molar-refractivity contribution in [2.75, 3.05) is 0 Å². The number of aryl methyl sites for hydroxylation is 1. The van der Waals surface area contributed by atoms with E-state index in [2.05, 4.69) is 15.5 Å². The molecule has 1 aromatic heterocycles. The molecule has 2 fully saturated rings. The van der Waals surface area contributed by atoms with Crippen LogP contribution in [0.2, 0.25) is 0 Å². The van der Waals surface area contributed by atoms with Gasteiger partial charge in [-0.25, -0.2) is 4.79 Å². The fourth-order valence-electron chi connectivity index (χ4n) is 3.13. The van der Waals surface area contributed by atoms with E-state index < -0.39 is 5.54 Å². The molecule has 1 saturated carbocycles. The number of hydrogen-bond donors (Lipinski definition) is 1. The van der Waals surface area contributed by atoms with Gasteiger partial charge in [-0.1, -0.05) is 31.3 Å². The third-order valence-electron chi connectivity index (χ3n) is 4.23. The Morgan fingerprint density at radius 3 is 2.76 bits per heavy atom. The summed E-state index contributed by atoms with van der Waals surface area (Å²) < 4.78 is 5.12. The highest BCUT2D eigenvalue weighted by Gasteiger charge is 2.51. The highest BCUT2D eigenvalue weighted by Crippen LogP contribution is 2.34. The van der Waals surface area contributed by atoms with Crippen molar-refractivity contribution in [1.29, 1.82) is 0 Å². The molecule has 1 spiro atoms. The van der Waals surface area contributed by atoms with Crippen LogP contribution in [0.1, 0.15) is 57.2 Å². The number of hydrogen-bond acceptors (Lipinski definition) is 5. The minimum atomic E-state index is -0.693. The molecule has 114 valence electrons. The van der Waals surface area contributed by atoms with E-state index in [0.29, 0.717) is 11.7 Å². The van der Waals surface area contributed by atoms with Crippen LogP contribution in [0.4, 0.5) is 4.79 Å². The standard InChI is InChI=1S/C14H20N4O3/c1-2-6-10-15-11(21-17-10)9-18-12(19)14(16-13(18)20)7-4-3-5-8-14/h2-9H2,1H3,(H,16,20). The lowest BCUT2D eigenvalue weighted by Crippen LogP contribution is -2.48. The second kappa shape index (κ2) is 5.46. The lowest BCUT2D eigenvalue weighted by molar-refractivity contribution is -0.133. The monoisotopic (exact) mass is 292 g/mol. The Hall–Kier alpha value is -1.92. The first-order chi connectivity index (χ1) is 10.1. The maximum absolute atomic E-state index is 12.6. The largest absolute Gasteiger partial charge is 0.337 e. The molecule has 0 aromatic carbocycles. The number of carbonyl (C=O) groups is 2. The zero-order chi connectivity index (χ0) is 14.9. The van der Waals surface area contributed by atoms with Gasteiger partial charge in [-0.3, -0.25) is 9.69 Å². The quantitative estimate of drug-likeness (QED) is 0.854. The van der Waals surface area contributed by atoms with Gasteiger partial charge < -0.3 is 9.84 Å². The van der Waals surface area contributed by atoms with Crippen molar-refractivity contribution in [3.63, 3.8) is 0 Å². The van der Waals surface area contributed by atoms with Crippen LogP contribution in [-0.2, 0) is 17.8 Å². The van der Waals surface area contributed by atoms with Crippen LogP contribution >= 0.6 is 0 Å². The van der Waals surface area contributed by atoms with E-state index >= 15 is 0 Å². The van der Waals surface area contributed by atoms with E-state index in [1.807, 2.05) is 6.92 Å². The number of carbonyl (C=O) groups excluding carboxylic acids is 2. The van der Waals surface area contributed by atoms with E-state index in [9.17, 15) is 9.59 Å². The van der Waals surface area contributed by atoms with Crippen LogP contribution in [0.25, 0.3) is 0 Å². The number of amides is 3. The Morgan fingerprint density at radius 1 is 1.29 bits per heavy atom. The topological polar surface area (TPSA) is 88.3 Å². The van der Waals surface area contributed by atoms with Crippen LogP contribution in [-0.4, -0.2) is 32.5 Å². The second-order valence-corrected chi connectivity index (χ2v) is 5.82. The minimum Gasteiger partial charge on any atom is -0.337 e. The Balaban J connectivity index is 1.72. The predicted octanol–water partition coefficient (Wildman–Crippen LogP) is 1.78. The molecule has 0 unspecified atom stereocenters. The maximum Gasteiger partial charge on any atom is 0.325 e. The molecule has 7 nitrogen and oxygen atoms in total. The first-order valence-electron chi connectivity index (χ1n) is 7.60. The molecule has 1 aromatic rings. The van der Waals surface area contributed by atoms with Crippen molar-refractivity contribution in [1.82, 2.24) is 20.4 Å². The van der Waals surface area contributed by atoms with E-state index in [-0.39, 0.29) is 18.5 Å². The molecular weight excluding hydrogens is 272 g/mol. The lowest BCUT2D eigenvalue weighted by Gasteiger charge is -2.30. The lowest BCUT2D eigenvalue weighted by atomic mass is 9.82. The van der Waals surface area contributed by atoms with Crippen LogP contribution in [0.3, 0.4) is 0 Å². The molecule has 2 heterocycles. The number of imide groups is 1. The van der Waals surface area contributed by atoms with E-state index in [4.69, 9.17) is 4.52 Å². The van der Waals surface area contributed by atoms with E-state index in [1.54, 1.807) is 0 Å². The third-order valence-corrected chi connectivity index (χ3v) is 4.23. The SMILES string of the molecule is CCCc1noc(CN2C(=O)NC3(CCCCC3)C2=O)n1. The Labute approximate surface area is 123 Å². The van der Waals surface area contributed by atoms with Gasteiger partial charge in [-0.05, 0) is 19.3 Å². The van der Waals surface area contributed by atoms with Gasteiger partial charge >= 0.3 is 6.03 Å². The minimum absolute atomic E-state index is 0.0587. The highest BCUT2D eigenvalue weighted by molar-refractivity contribution is 6.06. The van der Waals surface area contributed by atoms with E-state index in [1.165, 1.54) is 4.90 Å². The fourth-order valence-corrected chi connectivity index (χ4v) is 3.13. The summed E-state index contributed by atoms with van der Waals surface area (Å²) >= 11 is 0. The fraction of sp³-hybridized carbons (Fsp3) is 0.714. The smallest absolute Gasteiger partial charge is 0.325 e. The van der Waals surface area contributed by atoms with Crippen molar-refractivity contribution in [2.45, 2.75) is 64.0 Å². The molecule has 1 aliphatic carbocycles. The van der Waals surface area contributed by atoms with Crippen LogP contribution in [0.15, 0.2) is 4.52 Å². The van der Waals surface area contributed by atoms with Crippen molar-refractivity contribution in [3.8, 4) is 0 Å². The van der Waals surface area contributed by atoms with Crippen LogP contribution in [0.5, 0.6) is 0 Å². The molecule has 1 saturated heterocycles. The number of nitrogens with zero attached hydrogens (tertiary/aromatic N) is 3. The average Bonchev–Trinajstić information content (AvgIpc) is 3.00. The van der Waals surface area contributed by atoms with Gasteiger partial charge in [0.1, 0.15) is 12.1 Å².